The van der Waals surface area contributed by atoms with Crippen molar-refractivity contribution < 1.29 is 24.2 Å². The monoisotopic (exact) mass is 337 g/mol. The number of urea groups is 1. The molecule has 0 bridgehead atoms. The minimum Gasteiger partial charge on any atom is -0.495 e. The van der Waals surface area contributed by atoms with Crippen molar-refractivity contribution in [2.24, 2.45) is 0 Å². The first-order chi connectivity index (χ1) is 11.7. The Morgan fingerprint density at radius 3 is 2.83 bits per heavy atom. The molecule has 0 aromatic heterocycles. The Morgan fingerprint density at radius 1 is 1.29 bits per heavy atom. The summed E-state index contributed by atoms with van der Waals surface area (Å²) in [4.78, 5) is 27.5. The van der Waals surface area contributed by atoms with Crippen LogP contribution in [0.4, 0.5) is 10.5 Å². The summed E-state index contributed by atoms with van der Waals surface area (Å²) in [6.07, 6.45) is 0. The van der Waals surface area contributed by atoms with Crippen molar-refractivity contribution >= 4 is 17.6 Å². The van der Waals surface area contributed by atoms with E-state index in [2.05, 4.69) is 5.32 Å². The van der Waals surface area contributed by atoms with Crippen LogP contribution in [-0.2, 0) is 9.53 Å². The lowest BCUT2D eigenvalue weighted by atomic mass is 10.2. The highest BCUT2D eigenvalue weighted by molar-refractivity contribution is 5.97. The maximum atomic E-state index is 12.5. The summed E-state index contributed by atoms with van der Waals surface area (Å²) < 4.78 is 10.3. The second-order valence-corrected chi connectivity index (χ2v) is 5.21. The van der Waals surface area contributed by atoms with E-state index < -0.39 is 0 Å². The van der Waals surface area contributed by atoms with Crippen LogP contribution in [0.1, 0.15) is 0 Å². The van der Waals surface area contributed by atoms with Crippen molar-refractivity contribution in [2.75, 3.05) is 58.0 Å². The molecule has 1 aliphatic heterocycles. The molecule has 3 amide bonds. The number of aliphatic hydroxyl groups excluding tert-OH is 1. The number of rotatable bonds is 9. The molecule has 1 saturated heterocycles. The van der Waals surface area contributed by atoms with Gasteiger partial charge in [-0.3, -0.25) is 9.69 Å². The fraction of sp³-hybridized carbons (Fsp3) is 0.500. The molecule has 0 saturated carbocycles. The number of hydrogen-bond acceptors (Lipinski definition) is 5. The van der Waals surface area contributed by atoms with E-state index in [0.29, 0.717) is 37.7 Å². The third-order valence-electron chi connectivity index (χ3n) is 3.61. The van der Waals surface area contributed by atoms with Crippen molar-refractivity contribution in [1.82, 2.24) is 10.2 Å². The fourth-order valence-electron chi connectivity index (χ4n) is 2.46. The molecule has 1 aromatic rings. The van der Waals surface area contributed by atoms with E-state index in [4.69, 9.17) is 14.6 Å². The Labute approximate surface area is 140 Å². The summed E-state index contributed by atoms with van der Waals surface area (Å²) in [5.41, 5.74) is 0.699. The molecule has 1 aromatic carbocycles. The van der Waals surface area contributed by atoms with Crippen LogP contribution < -0.4 is 15.0 Å². The van der Waals surface area contributed by atoms with Crippen molar-refractivity contribution in [3.63, 3.8) is 0 Å². The number of carbonyl (C=O) groups is 2. The number of carbonyl (C=O) groups excluding carboxylic acids is 2. The molecule has 0 radical (unpaired) electrons. The largest absolute Gasteiger partial charge is 0.495 e. The van der Waals surface area contributed by atoms with Crippen LogP contribution >= 0.6 is 0 Å². The van der Waals surface area contributed by atoms with Crippen LogP contribution in [0.25, 0.3) is 0 Å². The van der Waals surface area contributed by atoms with Crippen molar-refractivity contribution in [3.05, 3.63) is 24.3 Å². The molecule has 1 aliphatic rings. The van der Waals surface area contributed by atoms with Gasteiger partial charge in [0.2, 0.25) is 5.91 Å². The molecule has 2 N–H and O–H groups in total. The van der Waals surface area contributed by atoms with Crippen LogP contribution in [0.5, 0.6) is 5.75 Å². The average molecular weight is 337 g/mol. The van der Waals surface area contributed by atoms with Gasteiger partial charge in [0, 0.05) is 19.6 Å². The second kappa shape index (κ2) is 9.09. The van der Waals surface area contributed by atoms with E-state index in [-0.39, 0.29) is 31.7 Å². The molecule has 8 heteroatoms. The zero-order valence-electron chi connectivity index (χ0n) is 13.7. The number of nitrogens with zero attached hydrogens (tertiary/aromatic N) is 2. The molecule has 0 aliphatic carbocycles. The summed E-state index contributed by atoms with van der Waals surface area (Å²) in [6.45, 7) is 1.86. The van der Waals surface area contributed by atoms with Gasteiger partial charge in [-0.1, -0.05) is 12.1 Å². The molecule has 132 valence electrons. The van der Waals surface area contributed by atoms with Gasteiger partial charge in [0.05, 0.1) is 32.6 Å². The van der Waals surface area contributed by atoms with Gasteiger partial charge in [-0.15, -0.1) is 0 Å². The van der Waals surface area contributed by atoms with Gasteiger partial charge < -0.3 is 24.8 Å². The molecular weight excluding hydrogens is 314 g/mol. The number of benzene rings is 1. The Morgan fingerprint density at radius 2 is 2.08 bits per heavy atom. The molecule has 0 spiro atoms. The smallest absolute Gasteiger partial charge is 0.325 e. The van der Waals surface area contributed by atoms with E-state index >= 15 is 0 Å². The van der Waals surface area contributed by atoms with Gasteiger partial charge >= 0.3 is 6.03 Å². The van der Waals surface area contributed by atoms with Crippen LogP contribution in [0, 0.1) is 0 Å². The number of aliphatic hydroxyl groups is 1. The minimum absolute atomic E-state index is 0.00445. The lowest BCUT2D eigenvalue weighted by Crippen LogP contribution is -2.40. The molecule has 1 heterocycles. The predicted molar refractivity (Wildman–Crippen MR) is 88.2 cm³/mol. The lowest BCUT2D eigenvalue weighted by molar-refractivity contribution is -0.121. The number of amides is 3. The third kappa shape index (κ3) is 4.59. The number of ether oxygens (including phenoxy) is 2. The number of nitrogens with one attached hydrogen (secondary N) is 1. The first-order valence-corrected chi connectivity index (χ1v) is 7.82. The molecule has 2 rings (SSSR count). The summed E-state index contributed by atoms with van der Waals surface area (Å²) in [7, 11) is 1.56. The Hall–Kier alpha value is -2.32. The van der Waals surface area contributed by atoms with Gasteiger partial charge in [-0.25, -0.2) is 4.79 Å². The molecule has 0 unspecified atom stereocenters. The van der Waals surface area contributed by atoms with Gasteiger partial charge in [0.1, 0.15) is 12.3 Å². The van der Waals surface area contributed by atoms with E-state index in [1.807, 2.05) is 18.2 Å². The zero-order valence-corrected chi connectivity index (χ0v) is 13.7. The first-order valence-electron chi connectivity index (χ1n) is 7.82. The normalized spacial score (nSPS) is 14.2. The standard InChI is InChI=1S/C16H23N3O5/c1-23-14-5-3-2-4-13(14)19-8-7-18(16(19)22)12-15(21)17-6-10-24-11-9-20/h2-5,20H,6-12H2,1H3,(H,17,21). The summed E-state index contributed by atoms with van der Waals surface area (Å²) >= 11 is 0. The maximum Gasteiger partial charge on any atom is 0.325 e. The molecule has 0 atom stereocenters. The first kappa shape index (κ1) is 18.0. The summed E-state index contributed by atoms with van der Waals surface area (Å²) in [6, 6.07) is 7.08. The van der Waals surface area contributed by atoms with Crippen molar-refractivity contribution in [3.8, 4) is 5.75 Å². The third-order valence-corrected chi connectivity index (χ3v) is 3.61. The Balaban J connectivity index is 1.84. The number of methoxy groups -OCH3 is 1. The van der Waals surface area contributed by atoms with Crippen molar-refractivity contribution in [1.29, 1.82) is 0 Å². The number of hydrogen-bond donors (Lipinski definition) is 2. The molecule has 1 fully saturated rings. The van der Waals surface area contributed by atoms with Gasteiger partial charge in [0.25, 0.3) is 0 Å². The Bertz CT molecular complexity index is 566. The Kier molecular flexibility index (Phi) is 6.83. The van der Waals surface area contributed by atoms with Gasteiger partial charge in [0.15, 0.2) is 0 Å². The highest BCUT2D eigenvalue weighted by Crippen LogP contribution is 2.30. The fourth-order valence-corrected chi connectivity index (χ4v) is 2.46. The van der Waals surface area contributed by atoms with E-state index in [1.54, 1.807) is 18.1 Å². The van der Waals surface area contributed by atoms with E-state index in [9.17, 15) is 9.59 Å². The quantitative estimate of drug-likeness (QED) is 0.622. The summed E-state index contributed by atoms with van der Waals surface area (Å²) in [5, 5.41) is 11.3. The molecule has 8 nitrogen and oxygen atoms in total. The average Bonchev–Trinajstić information content (AvgIpc) is 2.95. The summed E-state index contributed by atoms with van der Waals surface area (Å²) in [5.74, 6) is 0.385. The van der Waals surface area contributed by atoms with E-state index in [0.717, 1.165) is 0 Å². The van der Waals surface area contributed by atoms with Gasteiger partial charge in [-0.05, 0) is 12.1 Å². The lowest BCUT2D eigenvalue weighted by Gasteiger charge is -2.20. The SMILES string of the molecule is COc1ccccc1N1CCN(CC(=O)NCCOCCO)C1=O. The minimum atomic E-state index is -0.238. The van der Waals surface area contributed by atoms with Crippen LogP contribution in [0.2, 0.25) is 0 Å². The maximum absolute atomic E-state index is 12.5. The second-order valence-electron chi connectivity index (χ2n) is 5.21. The number of anilines is 1. The van der Waals surface area contributed by atoms with Crippen LogP contribution in [0.3, 0.4) is 0 Å². The topological polar surface area (TPSA) is 91.3 Å². The van der Waals surface area contributed by atoms with E-state index in [1.165, 1.54) is 4.90 Å². The highest BCUT2D eigenvalue weighted by Gasteiger charge is 2.32. The van der Waals surface area contributed by atoms with Crippen LogP contribution in [0.15, 0.2) is 24.3 Å². The number of para-hydroxylation sites is 2. The molecular formula is C16H23N3O5. The van der Waals surface area contributed by atoms with Crippen molar-refractivity contribution in [2.45, 2.75) is 0 Å². The molecule has 24 heavy (non-hydrogen) atoms. The van der Waals surface area contributed by atoms with Crippen LogP contribution in [-0.4, -0.2) is 75.1 Å². The predicted octanol–water partition coefficient (Wildman–Crippen LogP) is 0.0623. The highest BCUT2D eigenvalue weighted by atomic mass is 16.5. The van der Waals surface area contributed by atoms with Gasteiger partial charge in [-0.2, -0.15) is 0 Å². The zero-order chi connectivity index (χ0) is 17.4.